The van der Waals surface area contributed by atoms with Crippen LogP contribution in [0.15, 0.2) is 65.7 Å². The highest BCUT2D eigenvalue weighted by Crippen LogP contribution is 2.24. The van der Waals surface area contributed by atoms with E-state index in [2.05, 4.69) is 4.90 Å². The van der Waals surface area contributed by atoms with Crippen LogP contribution in [0.4, 0.5) is 5.69 Å². The van der Waals surface area contributed by atoms with E-state index in [1.165, 1.54) is 12.8 Å². The molecule has 1 aliphatic carbocycles. The number of benzene rings is 2. The fourth-order valence-corrected chi connectivity index (χ4v) is 4.11. The van der Waals surface area contributed by atoms with Gasteiger partial charge in [0.15, 0.2) is 0 Å². The lowest BCUT2D eigenvalue weighted by atomic mass is 10.2. The Bertz CT molecular complexity index is 1130. The number of hydrogen-bond acceptors (Lipinski definition) is 4. The van der Waals surface area contributed by atoms with E-state index in [1.54, 1.807) is 40.4 Å². The van der Waals surface area contributed by atoms with Gasteiger partial charge in [0.1, 0.15) is 5.75 Å². The summed E-state index contributed by atoms with van der Waals surface area (Å²) in [4.78, 5) is 28.2. The number of carbonyl (C=O) groups excluding carboxylic acids is 1. The van der Waals surface area contributed by atoms with Crippen molar-refractivity contribution in [2.75, 3.05) is 32.1 Å². The van der Waals surface area contributed by atoms with Crippen LogP contribution in [-0.4, -0.2) is 53.2 Å². The summed E-state index contributed by atoms with van der Waals surface area (Å²) >= 11 is 0. The lowest BCUT2D eigenvalue weighted by Crippen LogP contribution is -2.33. The standard InChI is InChI=1S/C26H32N4O3/c1-20(31)27(2)16-17-28(3)21-8-10-22(11-9-21)29-18-19-30(26(29)32)23-12-14-25(15-13-23)33-24-6-4-5-7-24/h8-15,18-19,24H,4-7,16-17H2,1-3H3. The molecule has 1 amide bonds. The number of likely N-dealkylation sites (N-methyl/N-ethyl adjacent to an activating group) is 2. The molecule has 1 aromatic heterocycles. The van der Waals surface area contributed by atoms with Crippen LogP contribution in [0.25, 0.3) is 11.4 Å². The minimum atomic E-state index is -0.122. The summed E-state index contributed by atoms with van der Waals surface area (Å²) in [6, 6.07) is 15.6. The van der Waals surface area contributed by atoms with Crippen molar-refractivity contribution in [1.29, 1.82) is 0 Å². The van der Waals surface area contributed by atoms with E-state index in [-0.39, 0.29) is 11.6 Å². The Kier molecular flexibility index (Phi) is 6.87. The number of aromatic nitrogens is 2. The van der Waals surface area contributed by atoms with Gasteiger partial charge in [0.05, 0.1) is 17.5 Å². The summed E-state index contributed by atoms with van der Waals surface area (Å²) in [6.07, 6.45) is 8.60. The van der Waals surface area contributed by atoms with Crippen LogP contribution in [0.3, 0.4) is 0 Å². The fourth-order valence-electron chi connectivity index (χ4n) is 4.11. The minimum absolute atomic E-state index is 0.0543. The summed E-state index contributed by atoms with van der Waals surface area (Å²) in [7, 11) is 3.79. The molecule has 0 N–H and O–H groups in total. The zero-order chi connectivity index (χ0) is 23.4. The maximum absolute atomic E-state index is 13.0. The molecular weight excluding hydrogens is 416 g/mol. The van der Waals surface area contributed by atoms with E-state index in [9.17, 15) is 9.59 Å². The molecular formula is C26H32N4O3. The molecule has 1 saturated carbocycles. The summed E-state index contributed by atoms with van der Waals surface area (Å²) in [6.45, 7) is 2.95. The van der Waals surface area contributed by atoms with Crippen molar-refractivity contribution in [3.05, 3.63) is 71.4 Å². The largest absolute Gasteiger partial charge is 0.490 e. The van der Waals surface area contributed by atoms with Crippen LogP contribution >= 0.6 is 0 Å². The molecule has 0 saturated heterocycles. The average Bonchev–Trinajstić information content (AvgIpc) is 3.47. The van der Waals surface area contributed by atoms with Gasteiger partial charge in [0.25, 0.3) is 0 Å². The van der Waals surface area contributed by atoms with Crippen molar-refractivity contribution in [3.63, 3.8) is 0 Å². The van der Waals surface area contributed by atoms with Crippen molar-refractivity contribution in [3.8, 4) is 17.1 Å². The summed E-state index contributed by atoms with van der Waals surface area (Å²) in [5, 5.41) is 0. The van der Waals surface area contributed by atoms with Gasteiger partial charge in [-0.2, -0.15) is 0 Å². The Balaban J connectivity index is 1.44. The molecule has 0 unspecified atom stereocenters. The lowest BCUT2D eigenvalue weighted by Gasteiger charge is -2.23. The first-order valence-electron chi connectivity index (χ1n) is 11.5. The molecule has 0 bridgehead atoms. The van der Waals surface area contributed by atoms with Crippen molar-refractivity contribution in [1.82, 2.24) is 14.0 Å². The number of carbonyl (C=O) groups is 1. The Morgan fingerprint density at radius 3 is 2.00 bits per heavy atom. The van der Waals surface area contributed by atoms with Gasteiger partial charge < -0.3 is 14.5 Å². The normalized spacial score (nSPS) is 13.8. The Hall–Kier alpha value is -3.48. The van der Waals surface area contributed by atoms with Gasteiger partial charge in [0, 0.05) is 52.2 Å². The maximum Gasteiger partial charge on any atom is 0.337 e. The predicted octanol–water partition coefficient (Wildman–Crippen LogP) is 3.86. The monoisotopic (exact) mass is 448 g/mol. The van der Waals surface area contributed by atoms with Crippen molar-refractivity contribution in [2.45, 2.75) is 38.7 Å². The Labute approximate surface area is 194 Å². The molecule has 7 nitrogen and oxygen atoms in total. The minimum Gasteiger partial charge on any atom is -0.490 e. The highest BCUT2D eigenvalue weighted by atomic mass is 16.5. The van der Waals surface area contributed by atoms with Crippen LogP contribution in [0, 0.1) is 0 Å². The fraction of sp³-hybridized carbons (Fsp3) is 0.385. The molecule has 174 valence electrons. The molecule has 2 aromatic carbocycles. The molecule has 0 aliphatic heterocycles. The Morgan fingerprint density at radius 2 is 1.45 bits per heavy atom. The molecule has 33 heavy (non-hydrogen) atoms. The zero-order valence-electron chi connectivity index (χ0n) is 19.6. The summed E-state index contributed by atoms with van der Waals surface area (Å²) in [5.74, 6) is 0.908. The zero-order valence-corrected chi connectivity index (χ0v) is 19.6. The number of rotatable bonds is 8. The first-order chi connectivity index (χ1) is 15.9. The maximum atomic E-state index is 13.0. The molecule has 0 spiro atoms. The van der Waals surface area contributed by atoms with Gasteiger partial charge in [-0.15, -0.1) is 0 Å². The third kappa shape index (κ3) is 5.30. The Morgan fingerprint density at radius 1 is 0.909 bits per heavy atom. The van der Waals surface area contributed by atoms with Crippen LogP contribution in [0.1, 0.15) is 32.6 Å². The predicted molar refractivity (Wildman–Crippen MR) is 131 cm³/mol. The second-order valence-electron chi connectivity index (χ2n) is 8.72. The molecule has 1 heterocycles. The van der Waals surface area contributed by atoms with E-state index in [0.717, 1.165) is 42.2 Å². The van der Waals surface area contributed by atoms with E-state index in [1.807, 2.05) is 55.6 Å². The third-order valence-electron chi connectivity index (χ3n) is 6.37. The topological polar surface area (TPSA) is 59.7 Å². The van der Waals surface area contributed by atoms with Crippen LogP contribution in [0.2, 0.25) is 0 Å². The molecule has 0 radical (unpaired) electrons. The van der Waals surface area contributed by atoms with Gasteiger partial charge in [0.2, 0.25) is 5.91 Å². The van der Waals surface area contributed by atoms with Crippen LogP contribution < -0.4 is 15.3 Å². The van der Waals surface area contributed by atoms with Gasteiger partial charge in [-0.1, -0.05) is 0 Å². The third-order valence-corrected chi connectivity index (χ3v) is 6.37. The van der Waals surface area contributed by atoms with Crippen LogP contribution in [0.5, 0.6) is 5.75 Å². The number of nitrogens with zero attached hydrogens (tertiary/aromatic N) is 4. The summed E-state index contributed by atoms with van der Waals surface area (Å²) < 4.78 is 9.30. The van der Waals surface area contributed by atoms with Crippen LogP contribution in [-0.2, 0) is 4.79 Å². The lowest BCUT2D eigenvalue weighted by molar-refractivity contribution is -0.127. The molecule has 7 heteroatoms. The molecule has 1 fully saturated rings. The van der Waals surface area contributed by atoms with E-state index < -0.39 is 0 Å². The van der Waals surface area contributed by atoms with Gasteiger partial charge in [-0.3, -0.25) is 13.9 Å². The number of anilines is 1. The summed E-state index contributed by atoms with van der Waals surface area (Å²) in [5.41, 5.74) is 2.52. The second kappa shape index (κ2) is 9.98. The number of hydrogen-bond donors (Lipinski definition) is 0. The number of imidazole rings is 1. The second-order valence-corrected chi connectivity index (χ2v) is 8.72. The molecule has 4 rings (SSSR count). The molecule has 0 atom stereocenters. The van der Waals surface area contributed by atoms with Crippen molar-refractivity contribution < 1.29 is 9.53 Å². The first kappa shape index (κ1) is 22.7. The smallest absolute Gasteiger partial charge is 0.337 e. The highest BCUT2D eigenvalue weighted by Gasteiger charge is 2.16. The van der Waals surface area contributed by atoms with Gasteiger partial charge in [-0.05, 0) is 74.2 Å². The molecule has 3 aromatic rings. The number of ether oxygens (including phenoxy) is 1. The van der Waals surface area contributed by atoms with Crippen molar-refractivity contribution >= 4 is 11.6 Å². The van der Waals surface area contributed by atoms with E-state index in [4.69, 9.17) is 4.74 Å². The van der Waals surface area contributed by atoms with Gasteiger partial charge >= 0.3 is 5.69 Å². The van der Waals surface area contributed by atoms with Gasteiger partial charge in [-0.25, -0.2) is 4.79 Å². The number of amides is 1. The first-order valence-corrected chi connectivity index (χ1v) is 11.5. The van der Waals surface area contributed by atoms with E-state index >= 15 is 0 Å². The van der Waals surface area contributed by atoms with E-state index in [0.29, 0.717) is 12.6 Å². The quantitative estimate of drug-likeness (QED) is 0.525. The van der Waals surface area contributed by atoms with Crippen molar-refractivity contribution in [2.24, 2.45) is 0 Å². The molecule has 1 aliphatic rings. The SMILES string of the molecule is CC(=O)N(C)CCN(C)c1ccc(-n2ccn(-c3ccc(OC4CCCC4)cc3)c2=O)cc1. The average molecular weight is 449 g/mol. The highest BCUT2D eigenvalue weighted by molar-refractivity contribution is 5.72.